The van der Waals surface area contributed by atoms with Gasteiger partial charge in [0.2, 0.25) is 5.91 Å². The van der Waals surface area contributed by atoms with Crippen LogP contribution in [0.1, 0.15) is 24.1 Å². The molecule has 2 atom stereocenters. The Morgan fingerprint density at radius 1 is 1.26 bits per heavy atom. The third kappa shape index (κ3) is 3.10. The average Bonchev–Trinajstić information content (AvgIpc) is 3.38. The zero-order valence-electron chi connectivity index (χ0n) is 15.2. The molecule has 5 rings (SSSR count). The molecular weight excluding hydrogens is 358 g/mol. The Hall–Kier alpha value is -2.41. The van der Waals surface area contributed by atoms with Crippen molar-refractivity contribution in [2.45, 2.75) is 31.7 Å². The Balaban J connectivity index is 1.32. The molecule has 0 bridgehead atoms. The second-order valence-corrected chi connectivity index (χ2v) is 8.49. The molecular formula is C20H23N5OS. The number of piperidine rings is 2. The number of carbonyl (C=O) groups is 1. The van der Waals surface area contributed by atoms with Gasteiger partial charge in [0.25, 0.3) is 0 Å². The van der Waals surface area contributed by atoms with Crippen LogP contribution in [0.5, 0.6) is 0 Å². The van der Waals surface area contributed by atoms with Crippen LogP contribution in [0.15, 0.2) is 36.1 Å². The van der Waals surface area contributed by atoms with E-state index in [-0.39, 0.29) is 0 Å². The number of amides is 1. The molecule has 0 radical (unpaired) electrons. The van der Waals surface area contributed by atoms with Crippen molar-refractivity contribution in [2.24, 2.45) is 5.92 Å². The number of aromatic nitrogens is 3. The number of hydrogen-bond acceptors (Lipinski definition) is 5. The minimum absolute atomic E-state index is 0.330. The standard InChI is InChI=1S/C20H23N5OS/c26-18-4-3-14-12-24(20-16-5-8-21-19(16)22-13-23-20)9-7-17(14)25(18)10-6-15-2-1-11-27-15/h1-2,5,8,11,13-14,17H,3-4,6-7,9-10,12H2,(H,21,22,23)/t14-,17+/m1/s1. The van der Waals surface area contributed by atoms with Crippen molar-refractivity contribution < 1.29 is 4.79 Å². The van der Waals surface area contributed by atoms with Gasteiger partial charge in [0.1, 0.15) is 17.8 Å². The van der Waals surface area contributed by atoms with Gasteiger partial charge in [-0.3, -0.25) is 4.79 Å². The second kappa shape index (κ2) is 6.96. The maximum absolute atomic E-state index is 12.6. The number of aromatic amines is 1. The lowest BCUT2D eigenvalue weighted by Crippen LogP contribution is -2.56. The largest absolute Gasteiger partial charge is 0.356 e. The Morgan fingerprint density at radius 2 is 2.22 bits per heavy atom. The number of nitrogens with one attached hydrogen (secondary N) is 1. The van der Waals surface area contributed by atoms with Crippen LogP contribution in [0.4, 0.5) is 5.82 Å². The lowest BCUT2D eigenvalue weighted by molar-refractivity contribution is -0.139. The number of likely N-dealkylation sites (tertiary alicyclic amines) is 1. The molecule has 1 amide bonds. The number of anilines is 1. The minimum atomic E-state index is 0.330. The summed E-state index contributed by atoms with van der Waals surface area (Å²) >= 11 is 1.78. The molecule has 2 aliphatic rings. The van der Waals surface area contributed by atoms with Crippen LogP contribution in [0.2, 0.25) is 0 Å². The van der Waals surface area contributed by atoms with Gasteiger partial charge >= 0.3 is 0 Å². The van der Waals surface area contributed by atoms with Crippen LogP contribution < -0.4 is 4.90 Å². The van der Waals surface area contributed by atoms with E-state index in [2.05, 4.69) is 48.3 Å². The summed E-state index contributed by atoms with van der Waals surface area (Å²) in [4.78, 5) is 30.5. The molecule has 2 aliphatic heterocycles. The molecule has 0 unspecified atom stereocenters. The van der Waals surface area contributed by atoms with Crippen molar-refractivity contribution in [3.05, 3.63) is 41.0 Å². The van der Waals surface area contributed by atoms with Crippen LogP contribution >= 0.6 is 11.3 Å². The molecule has 2 fully saturated rings. The van der Waals surface area contributed by atoms with Gasteiger partial charge in [0.05, 0.1) is 5.39 Å². The van der Waals surface area contributed by atoms with E-state index in [0.29, 0.717) is 24.3 Å². The third-order valence-electron chi connectivity index (χ3n) is 5.96. The molecule has 140 valence electrons. The molecule has 3 aromatic heterocycles. The summed E-state index contributed by atoms with van der Waals surface area (Å²) in [6.07, 6.45) is 7.18. The first kappa shape index (κ1) is 16.7. The fraction of sp³-hybridized carbons (Fsp3) is 0.450. The number of rotatable bonds is 4. The normalized spacial score (nSPS) is 23.0. The first-order chi connectivity index (χ1) is 13.3. The SMILES string of the molecule is O=C1CC[C@@H]2CN(c3ncnc4[nH]ccc34)CC[C@@H]2N1CCc1cccs1. The highest BCUT2D eigenvalue weighted by molar-refractivity contribution is 7.09. The van der Waals surface area contributed by atoms with Crippen LogP contribution in [0, 0.1) is 5.92 Å². The van der Waals surface area contributed by atoms with E-state index < -0.39 is 0 Å². The van der Waals surface area contributed by atoms with Crippen molar-refractivity contribution >= 4 is 34.1 Å². The fourth-order valence-electron chi connectivity index (χ4n) is 4.63. The predicted molar refractivity (Wildman–Crippen MR) is 107 cm³/mol. The summed E-state index contributed by atoms with van der Waals surface area (Å²) in [5, 5.41) is 3.19. The van der Waals surface area contributed by atoms with Crippen molar-refractivity contribution in [1.29, 1.82) is 0 Å². The number of nitrogens with zero attached hydrogens (tertiary/aromatic N) is 4. The van der Waals surface area contributed by atoms with E-state index in [9.17, 15) is 4.79 Å². The highest BCUT2D eigenvalue weighted by Gasteiger charge is 2.39. The van der Waals surface area contributed by atoms with Gasteiger partial charge in [-0.1, -0.05) is 6.07 Å². The summed E-state index contributed by atoms with van der Waals surface area (Å²) in [5.41, 5.74) is 0.888. The summed E-state index contributed by atoms with van der Waals surface area (Å²) in [6, 6.07) is 6.67. The van der Waals surface area contributed by atoms with Crippen molar-refractivity contribution in [1.82, 2.24) is 19.9 Å². The van der Waals surface area contributed by atoms with E-state index in [4.69, 9.17) is 0 Å². The topological polar surface area (TPSA) is 65.1 Å². The molecule has 6 nitrogen and oxygen atoms in total. The van der Waals surface area contributed by atoms with Gasteiger partial charge in [-0.2, -0.15) is 0 Å². The predicted octanol–water partition coefficient (Wildman–Crippen LogP) is 3.08. The number of thiophene rings is 1. The number of fused-ring (bicyclic) bond motifs is 2. The second-order valence-electron chi connectivity index (χ2n) is 7.45. The quantitative estimate of drug-likeness (QED) is 0.754. The van der Waals surface area contributed by atoms with E-state index in [1.165, 1.54) is 4.88 Å². The van der Waals surface area contributed by atoms with E-state index in [0.717, 1.165) is 55.7 Å². The van der Waals surface area contributed by atoms with Gasteiger partial charge in [0.15, 0.2) is 0 Å². The van der Waals surface area contributed by atoms with Crippen LogP contribution in [0.3, 0.4) is 0 Å². The molecule has 0 saturated carbocycles. The lowest BCUT2D eigenvalue weighted by Gasteiger charge is -2.47. The van der Waals surface area contributed by atoms with Gasteiger partial charge in [0, 0.05) is 43.2 Å². The van der Waals surface area contributed by atoms with E-state index in [1.807, 2.05) is 6.20 Å². The highest BCUT2D eigenvalue weighted by Crippen LogP contribution is 2.34. The van der Waals surface area contributed by atoms with Crippen LogP contribution in [-0.2, 0) is 11.2 Å². The number of carbonyl (C=O) groups excluding carboxylic acids is 1. The van der Waals surface area contributed by atoms with E-state index in [1.54, 1.807) is 17.7 Å². The Kier molecular flexibility index (Phi) is 4.32. The summed E-state index contributed by atoms with van der Waals surface area (Å²) in [5.74, 6) is 1.86. The summed E-state index contributed by atoms with van der Waals surface area (Å²) < 4.78 is 0. The van der Waals surface area contributed by atoms with Gasteiger partial charge in [-0.15, -0.1) is 11.3 Å². The average molecular weight is 382 g/mol. The third-order valence-corrected chi connectivity index (χ3v) is 6.89. The molecule has 3 aromatic rings. The van der Waals surface area contributed by atoms with E-state index >= 15 is 0 Å². The monoisotopic (exact) mass is 381 g/mol. The molecule has 2 saturated heterocycles. The van der Waals surface area contributed by atoms with Gasteiger partial charge in [-0.05, 0) is 42.7 Å². The number of H-pyrrole nitrogens is 1. The maximum Gasteiger partial charge on any atom is 0.222 e. The first-order valence-electron chi connectivity index (χ1n) is 9.64. The molecule has 0 aromatic carbocycles. The summed E-state index contributed by atoms with van der Waals surface area (Å²) in [6.45, 7) is 2.74. The van der Waals surface area contributed by atoms with Crippen molar-refractivity contribution in [3.8, 4) is 0 Å². The van der Waals surface area contributed by atoms with Crippen LogP contribution in [0.25, 0.3) is 11.0 Å². The van der Waals surface area contributed by atoms with Gasteiger partial charge < -0.3 is 14.8 Å². The Bertz CT molecular complexity index is 937. The molecule has 0 aliphatic carbocycles. The maximum atomic E-state index is 12.6. The highest BCUT2D eigenvalue weighted by atomic mass is 32.1. The molecule has 5 heterocycles. The zero-order valence-corrected chi connectivity index (χ0v) is 16.0. The fourth-order valence-corrected chi connectivity index (χ4v) is 5.33. The molecule has 1 N–H and O–H groups in total. The molecule has 7 heteroatoms. The van der Waals surface area contributed by atoms with Gasteiger partial charge in [-0.25, -0.2) is 9.97 Å². The van der Waals surface area contributed by atoms with Crippen LogP contribution in [-0.4, -0.2) is 51.4 Å². The Morgan fingerprint density at radius 3 is 3.11 bits per heavy atom. The minimum Gasteiger partial charge on any atom is -0.356 e. The molecule has 0 spiro atoms. The first-order valence-corrected chi connectivity index (χ1v) is 10.5. The smallest absolute Gasteiger partial charge is 0.222 e. The van der Waals surface area contributed by atoms with Crippen molar-refractivity contribution in [3.63, 3.8) is 0 Å². The van der Waals surface area contributed by atoms with Crippen molar-refractivity contribution in [2.75, 3.05) is 24.5 Å². The molecule has 27 heavy (non-hydrogen) atoms. The lowest BCUT2D eigenvalue weighted by atomic mass is 9.83. The zero-order chi connectivity index (χ0) is 18.2. The Labute approximate surface area is 162 Å². The summed E-state index contributed by atoms with van der Waals surface area (Å²) in [7, 11) is 0. The number of hydrogen-bond donors (Lipinski definition) is 1.